The van der Waals surface area contributed by atoms with Crippen molar-refractivity contribution in [2.24, 2.45) is 0 Å². The van der Waals surface area contributed by atoms with Crippen LogP contribution in [0.3, 0.4) is 0 Å². The molecule has 0 saturated heterocycles. The molecule has 0 spiro atoms. The number of nitrogens with zero attached hydrogens (tertiary/aromatic N) is 2. The van der Waals surface area contributed by atoms with Crippen molar-refractivity contribution in [3.63, 3.8) is 0 Å². The van der Waals surface area contributed by atoms with Crippen molar-refractivity contribution in [1.82, 2.24) is 9.55 Å². The summed E-state index contributed by atoms with van der Waals surface area (Å²) in [6.45, 7) is 0. The van der Waals surface area contributed by atoms with Gasteiger partial charge in [-0.2, -0.15) is 0 Å². The molecule has 0 fully saturated rings. The summed E-state index contributed by atoms with van der Waals surface area (Å²) in [5.41, 5.74) is 4.72. The van der Waals surface area contributed by atoms with Crippen LogP contribution in [0.2, 0.25) is 0 Å². The standard InChI is InChI=1S/C39H22N2S2/c1-2-11-28-27(10-1)36-30-13-5-8-16-33(30)43-39(36)37-29-12-3-6-14-31(29)41(38(28)37)35-20-18-24(22-40-35)23-17-19-26-25-9-4-7-15-32(25)42-34(26)21-23/h1-22H. The van der Waals surface area contributed by atoms with E-state index in [2.05, 4.69) is 132 Å². The van der Waals surface area contributed by atoms with Gasteiger partial charge in [-0.05, 0) is 47.3 Å². The lowest BCUT2D eigenvalue weighted by molar-refractivity contribution is 1.09. The molecule has 200 valence electrons. The van der Waals surface area contributed by atoms with Crippen molar-refractivity contribution in [2.45, 2.75) is 0 Å². The van der Waals surface area contributed by atoms with Crippen LogP contribution in [0.15, 0.2) is 134 Å². The zero-order chi connectivity index (χ0) is 28.1. The fourth-order valence-corrected chi connectivity index (χ4v) is 9.38. The number of rotatable bonds is 2. The fraction of sp³-hybridized carbons (Fsp3) is 0. The van der Waals surface area contributed by atoms with Gasteiger partial charge in [-0.25, -0.2) is 4.98 Å². The van der Waals surface area contributed by atoms with Gasteiger partial charge in [0.25, 0.3) is 0 Å². The van der Waals surface area contributed by atoms with Crippen molar-refractivity contribution in [1.29, 1.82) is 0 Å². The Morgan fingerprint density at radius 2 is 1.12 bits per heavy atom. The molecular weight excluding hydrogens is 561 g/mol. The van der Waals surface area contributed by atoms with Crippen LogP contribution in [0.1, 0.15) is 0 Å². The highest BCUT2D eigenvalue weighted by atomic mass is 32.1. The first-order valence-corrected chi connectivity index (χ1v) is 16.1. The summed E-state index contributed by atoms with van der Waals surface area (Å²) < 4.78 is 7.68. The second kappa shape index (κ2) is 8.74. The van der Waals surface area contributed by atoms with E-state index in [1.807, 2.05) is 28.9 Å². The van der Waals surface area contributed by atoms with Gasteiger partial charge in [-0.15, -0.1) is 22.7 Å². The van der Waals surface area contributed by atoms with Crippen LogP contribution in [-0.2, 0) is 0 Å². The van der Waals surface area contributed by atoms with Crippen LogP contribution in [0.4, 0.5) is 0 Å². The van der Waals surface area contributed by atoms with Crippen LogP contribution >= 0.6 is 22.7 Å². The number of hydrogen-bond acceptors (Lipinski definition) is 3. The quantitative estimate of drug-likeness (QED) is 0.198. The summed E-state index contributed by atoms with van der Waals surface area (Å²) in [4.78, 5) is 5.12. The molecule has 10 rings (SSSR count). The smallest absolute Gasteiger partial charge is 0.137 e. The Kier molecular flexibility index (Phi) is 4.78. The van der Waals surface area contributed by atoms with E-state index in [-0.39, 0.29) is 0 Å². The number of fused-ring (bicyclic) bond motifs is 13. The highest BCUT2D eigenvalue weighted by molar-refractivity contribution is 7.27. The molecule has 6 aromatic carbocycles. The van der Waals surface area contributed by atoms with Gasteiger partial charge in [-0.3, -0.25) is 4.57 Å². The SMILES string of the molecule is c1ccc2c(c1)sc1cc(-c3ccc(-n4c5ccccc5c5c6sc7ccccc7c6c6ccccc6c54)nc3)ccc12. The molecule has 4 heteroatoms. The Morgan fingerprint density at radius 1 is 0.465 bits per heavy atom. The summed E-state index contributed by atoms with van der Waals surface area (Å²) in [5, 5.41) is 10.5. The minimum absolute atomic E-state index is 0.934. The van der Waals surface area contributed by atoms with E-state index in [1.165, 1.54) is 78.5 Å². The minimum Gasteiger partial charge on any atom is -0.293 e. The van der Waals surface area contributed by atoms with Gasteiger partial charge in [0.1, 0.15) is 5.82 Å². The van der Waals surface area contributed by atoms with E-state index in [9.17, 15) is 0 Å². The average Bonchev–Trinajstić information content (AvgIpc) is 3.74. The van der Waals surface area contributed by atoms with Crippen molar-refractivity contribution in [3.8, 4) is 16.9 Å². The lowest BCUT2D eigenvalue weighted by Crippen LogP contribution is -1.98. The van der Waals surface area contributed by atoms with E-state index in [4.69, 9.17) is 4.98 Å². The zero-order valence-electron chi connectivity index (χ0n) is 22.9. The van der Waals surface area contributed by atoms with Crippen molar-refractivity contribution in [3.05, 3.63) is 134 Å². The third-order valence-corrected chi connectivity index (χ3v) is 11.2. The molecule has 0 unspecified atom stereocenters. The first-order valence-electron chi connectivity index (χ1n) is 14.5. The molecule has 0 aliphatic rings. The molecule has 0 bridgehead atoms. The van der Waals surface area contributed by atoms with E-state index in [1.54, 1.807) is 0 Å². The summed E-state index contributed by atoms with van der Waals surface area (Å²) in [6, 6.07) is 46.3. The largest absolute Gasteiger partial charge is 0.293 e. The molecule has 2 nitrogen and oxygen atoms in total. The van der Waals surface area contributed by atoms with Crippen LogP contribution < -0.4 is 0 Å². The monoisotopic (exact) mass is 582 g/mol. The molecule has 43 heavy (non-hydrogen) atoms. The summed E-state index contributed by atoms with van der Waals surface area (Å²) in [6.07, 6.45) is 2.03. The first kappa shape index (κ1) is 23.5. The van der Waals surface area contributed by atoms with E-state index >= 15 is 0 Å². The predicted molar refractivity (Wildman–Crippen MR) is 187 cm³/mol. The molecule has 10 aromatic rings. The van der Waals surface area contributed by atoms with Crippen molar-refractivity contribution >= 4 is 95.6 Å². The Hall–Kier alpha value is -5.03. The fourth-order valence-electron chi connectivity index (χ4n) is 6.95. The second-order valence-corrected chi connectivity index (χ2v) is 13.3. The predicted octanol–water partition coefficient (Wildman–Crippen LogP) is 11.7. The summed E-state index contributed by atoms with van der Waals surface area (Å²) >= 11 is 3.75. The number of thiophene rings is 2. The number of aromatic nitrogens is 2. The Bertz CT molecular complexity index is 2720. The number of para-hydroxylation sites is 1. The van der Waals surface area contributed by atoms with E-state index in [0.29, 0.717) is 0 Å². The lowest BCUT2D eigenvalue weighted by Gasteiger charge is -2.11. The van der Waals surface area contributed by atoms with Crippen LogP contribution in [0, 0.1) is 0 Å². The van der Waals surface area contributed by atoms with Crippen molar-refractivity contribution in [2.75, 3.05) is 0 Å². The van der Waals surface area contributed by atoms with Crippen molar-refractivity contribution < 1.29 is 0 Å². The third-order valence-electron chi connectivity index (χ3n) is 8.84. The highest BCUT2D eigenvalue weighted by Gasteiger charge is 2.21. The number of benzene rings is 6. The van der Waals surface area contributed by atoms with Crippen LogP contribution in [0.5, 0.6) is 0 Å². The van der Waals surface area contributed by atoms with Crippen LogP contribution in [0.25, 0.3) is 89.9 Å². The molecule has 4 aromatic heterocycles. The molecular formula is C39H22N2S2. The Balaban J connectivity index is 1.23. The maximum atomic E-state index is 5.12. The minimum atomic E-state index is 0.934. The molecule has 0 amide bonds. The van der Waals surface area contributed by atoms with Gasteiger partial charge >= 0.3 is 0 Å². The number of pyridine rings is 1. The molecule has 0 N–H and O–H groups in total. The first-order chi connectivity index (χ1) is 21.3. The van der Waals surface area contributed by atoms with E-state index in [0.717, 1.165) is 11.4 Å². The molecule has 0 aliphatic heterocycles. The molecule has 0 atom stereocenters. The Labute approximate surface area is 254 Å². The Morgan fingerprint density at radius 3 is 1.93 bits per heavy atom. The van der Waals surface area contributed by atoms with Gasteiger partial charge in [0.15, 0.2) is 0 Å². The normalized spacial score (nSPS) is 12.2. The lowest BCUT2D eigenvalue weighted by atomic mass is 10.00. The molecule has 0 radical (unpaired) electrons. The molecule has 4 heterocycles. The average molecular weight is 583 g/mol. The van der Waals surface area contributed by atoms with Gasteiger partial charge in [0.2, 0.25) is 0 Å². The maximum Gasteiger partial charge on any atom is 0.137 e. The molecule has 0 saturated carbocycles. The van der Waals surface area contributed by atoms with Gasteiger partial charge in [0, 0.05) is 68.3 Å². The second-order valence-electron chi connectivity index (χ2n) is 11.1. The summed E-state index contributed by atoms with van der Waals surface area (Å²) in [7, 11) is 0. The van der Waals surface area contributed by atoms with Gasteiger partial charge in [0.05, 0.1) is 11.0 Å². The topological polar surface area (TPSA) is 17.8 Å². The number of hydrogen-bond donors (Lipinski definition) is 0. The molecule has 0 aliphatic carbocycles. The highest BCUT2D eigenvalue weighted by Crippen LogP contribution is 2.47. The van der Waals surface area contributed by atoms with E-state index < -0.39 is 0 Å². The van der Waals surface area contributed by atoms with Gasteiger partial charge < -0.3 is 0 Å². The summed E-state index contributed by atoms with van der Waals surface area (Å²) in [5.74, 6) is 0.934. The third kappa shape index (κ3) is 3.25. The van der Waals surface area contributed by atoms with Gasteiger partial charge in [-0.1, -0.05) is 91.0 Å². The zero-order valence-corrected chi connectivity index (χ0v) is 24.5. The maximum absolute atomic E-state index is 5.12. The van der Waals surface area contributed by atoms with Crippen LogP contribution in [-0.4, -0.2) is 9.55 Å².